The van der Waals surface area contributed by atoms with Crippen molar-refractivity contribution in [2.24, 2.45) is 5.92 Å². The zero-order valence-electron chi connectivity index (χ0n) is 24.0. The first-order valence-corrected chi connectivity index (χ1v) is 17.8. The normalized spacial score (nSPS) is 15.8. The molecule has 2 amide bonds. The lowest BCUT2D eigenvalue weighted by atomic mass is 9.92. The largest absolute Gasteiger partial charge is 0.494 e. The number of ether oxygens (including phenoxy) is 1. The number of hydrogen-bond donors (Lipinski definition) is 3. The average molecular weight is 666 g/mol. The molecule has 0 spiro atoms. The molecule has 15 heteroatoms. The number of aliphatic hydroxyl groups excluding tert-OH is 1. The van der Waals surface area contributed by atoms with Crippen LogP contribution >= 0.6 is 11.3 Å². The van der Waals surface area contributed by atoms with Crippen molar-refractivity contribution in [1.29, 1.82) is 0 Å². The van der Waals surface area contributed by atoms with Crippen LogP contribution in [-0.2, 0) is 35.9 Å². The highest BCUT2D eigenvalue weighted by molar-refractivity contribution is 7.95. The number of nitrogens with one attached hydrogen (secondary N) is 1. The van der Waals surface area contributed by atoms with Gasteiger partial charge in [0.15, 0.2) is 0 Å². The summed E-state index contributed by atoms with van der Waals surface area (Å²) >= 11 is 0.661. The molecule has 4 rings (SSSR count). The highest BCUT2D eigenvalue weighted by atomic mass is 32.3. The Morgan fingerprint density at radius 3 is 2.18 bits per heavy atom. The van der Waals surface area contributed by atoms with E-state index in [4.69, 9.17) is 9.94 Å². The molecule has 2 aromatic carbocycles. The number of nitrogens with zero attached hydrogens (tertiary/aromatic N) is 2. The van der Waals surface area contributed by atoms with Gasteiger partial charge in [-0.05, 0) is 68.1 Å². The number of amides is 2. The lowest BCUT2D eigenvalue weighted by Crippen LogP contribution is -2.54. The van der Waals surface area contributed by atoms with Crippen molar-refractivity contribution in [3.05, 3.63) is 72.3 Å². The number of aliphatic hydroxyl groups is 1. The third-order valence-electron chi connectivity index (χ3n) is 7.31. The second-order valence-corrected chi connectivity index (χ2v) is 15.5. The summed E-state index contributed by atoms with van der Waals surface area (Å²) in [7, 11) is -7.93. The maximum Gasteiger partial charge on any atom is 0.272 e. The first kappa shape index (κ1) is 33.6. The number of rotatable bonds is 13. The molecule has 1 aliphatic heterocycles. The van der Waals surface area contributed by atoms with Gasteiger partial charge < -0.3 is 14.7 Å². The molecule has 3 N–H and O–H groups in total. The molecule has 3 aromatic rings. The summed E-state index contributed by atoms with van der Waals surface area (Å²) < 4.78 is 59.0. The van der Waals surface area contributed by atoms with Crippen molar-refractivity contribution in [2.75, 3.05) is 32.8 Å². The Morgan fingerprint density at radius 1 is 0.932 bits per heavy atom. The molecular weight excluding hydrogens is 631 g/mol. The maximum atomic E-state index is 13.4. The topological polar surface area (TPSA) is 171 Å². The monoisotopic (exact) mass is 665 g/mol. The summed E-state index contributed by atoms with van der Waals surface area (Å²) in [5.41, 5.74) is 2.37. The van der Waals surface area contributed by atoms with Crippen molar-refractivity contribution in [1.82, 2.24) is 14.7 Å². The van der Waals surface area contributed by atoms with Crippen molar-refractivity contribution >= 4 is 43.0 Å². The highest BCUT2D eigenvalue weighted by Gasteiger charge is 2.38. The molecule has 0 saturated carbocycles. The van der Waals surface area contributed by atoms with Crippen molar-refractivity contribution in [3.63, 3.8) is 0 Å². The van der Waals surface area contributed by atoms with Crippen LogP contribution in [0.2, 0.25) is 0 Å². The number of hydroxylamine groups is 1. The number of benzene rings is 2. The molecule has 1 aromatic heterocycles. The van der Waals surface area contributed by atoms with Crippen molar-refractivity contribution in [3.8, 4) is 5.75 Å². The van der Waals surface area contributed by atoms with Crippen LogP contribution in [0.25, 0.3) is 0 Å². The lowest BCUT2D eigenvalue weighted by molar-refractivity contribution is -0.151. The summed E-state index contributed by atoms with van der Waals surface area (Å²) in [4.78, 5) is 26.9. The summed E-state index contributed by atoms with van der Waals surface area (Å²) in [6.07, 6.45) is -0.627. The Balaban J connectivity index is 1.40. The minimum Gasteiger partial charge on any atom is -0.494 e. The van der Waals surface area contributed by atoms with Gasteiger partial charge in [-0.15, -0.1) is 11.3 Å². The van der Waals surface area contributed by atoms with Gasteiger partial charge in [0.05, 0.1) is 17.4 Å². The molecule has 2 atom stereocenters. The van der Waals surface area contributed by atoms with Crippen LogP contribution in [0, 0.1) is 5.92 Å². The molecule has 1 saturated heterocycles. The Labute approximate surface area is 260 Å². The Bertz CT molecular complexity index is 1640. The number of thiophene rings is 1. The van der Waals surface area contributed by atoms with Gasteiger partial charge in [-0.25, -0.2) is 22.3 Å². The molecule has 1 fully saturated rings. The van der Waals surface area contributed by atoms with E-state index in [9.17, 15) is 31.5 Å². The fraction of sp³-hybridized carbons (Fsp3) is 0.379. The van der Waals surface area contributed by atoms with E-state index in [1.807, 2.05) is 31.2 Å². The summed E-state index contributed by atoms with van der Waals surface area (Å²) in [5.74, 6) is -2.06. The molecule has 0 bridgehead atoms. The molecule has 2 heterocycles. The third kappa shape index (κ3) is 7.65. The summed E-state index contributed by atoms with van der Waals surface area (Å²) in [6, 6.07) is 17.7. The Kier molecular flexibility index (Phi) is 11.2. The Morgan fingerprint density at radius 2 is 1.57 bits per heavy atom. The SMILES string of the molecule is CCOc1ccc(CCC[C@@H](C(=O)N2CCN(S(=O)(=O)c3ccc(S(=O)(=O)c4ccccc4)s3)CC2)[C@H](O)C(=O)NO)cc1. The van der Waals surface area contributed by atoms with Gasteiger partial charge in [-0.2, -0.15) is 4.31 Å². The molecule has 0 radical (unpaired) electrons. The fourth-order valence-corrected chi connectivity index (χ4v) is 9.69. The van der Waals surface area contributed by atoms with Crippen LogP contribution in [0.3, 0.4) is 0 Å². The van der Waals surface area contributed by atoms with Crippen LogP contribution in [0.5, 0.6) is 5.75 Å². The molecule has 44 heavy (non-hydrogen) atoms. The predicted octanol–water partition coefficient (Wildman–Crippen LogP) is 2.32. The summed E-state index contributed by atoms with van der Waals surface area (Å²) in [6.45, 7) is 2.31. The van der Waals surface area contributed by atoms with Gasteiger partial charge in [-0.1, -0.05) is 30.3 Å². The van der Waals surface area contributed by atoms with Crippen LogP contribution in [0.1, 0.15) is 25.3 Å². The molecule has 12 nitrogen and oxygen atoms in total. The quantitative estimate of drug-likeness (QED) is 0.183. The minimum absolute atomic E-state index is 0.00145. The van der Waals surface area contributed by atoms with Gasteiger partial charge in [0.2, 0.25) is 15.7 Å². The molecule has 238 valence electrons. The van der Waals surface area contributed by atoms with E-state index in [2.05, 4.69) is 0 Å². The van der Waals surface area contributed by atoms with E-state index in [1.54, 1.807) is 18.2 Å². The van der Waals surface area contributed by atoms with Crippen molar-refractivity contribution in [2.45, 2.75) is 45.6 Å². The number of carbonyl (C=O) groups is 2. The number of carbonyl (C=O) groups excluding carboxylic acids is 2. The first-order valence-electron chi connectivity index (χ1n) is 14.0. The zero-order valence-corrected chi connectivity index (χ0v) is 26.5. The lowest BCUT2D eigenvalue weighted by Gasteiger charge is -2.36. The number of aryl methyl sites for hydroxylation is 1. The molecular formula is C29H35N3O9S3. The number of piperazine rings is 1. The molecule has 0 unspecified atom stereocenters. The standard InChI is InChI=1S/C29H35N3O9S3/c1-2-41-22-13-11-21(12-14-22)7-6-10-24(27(33)28(34)30-36)29(35)31-17-19-32(20-18-31)44(39,40)26-16-15-25(42-26)43(37,38)23-8-4-3-5-9-23/h3-5,8-9,11-16,24,27,33,36H,2,6-7,10,17-20H2,1H3,(H,30,34)/t24-,27+/m1/s1. The van der Waals surface area contributed by atoms with Gasteiger partial charge in [-0.3, -0.25) is 14.8 Å². The van der Waals surface area contributed by atoms with Crippen LogP contribution in [-0.4, -0.2) is 87.1 Å². The van der Waals surface area contributed by atoms with E-state index in [0.29, 0.717) is 30.8 Å². The first-order chi connectivity index (χ1) is 21.0. The second kappa shape index (κ2) is 14.6. The van der Waals surface area contributed by atoms with Gasteiger partial charge >= 0.3 is 0 Å². The average Bonchev–Trinajstić information content (AvgIpc) is 3.56. The van der Waals surface area contributed by atoms with Gasteiger partial charge in [0.1, 0.15) is 20.3 Å². The predicted molar refractivity (Wildman–Crippen MR) is 162 cm³/mol. The summed E-state index contributed by atoms with van der Waals surface area (Å²) in [5, 5.41) is 19.6. The van der Waals surface area contributed by atoms with Gasteiger partial charge in [0, 0.05) is 26.2 Å². The van der Waals surface area contributed by atoms with E-state index in [-0.39, 0.29) is 45.9 Å². The smallest absolute Gasteiger partial charge is 0.272 e. The van der Waals surface area contributed by atoms with Gasteiger partial charge in [0.25, 0.3) is 15.9 Å². The number of sulfonamides is 1. The molecule has 0 aliphatic carbocycles. The van der Waals surface area contributed by atoms with Crippen LogP contribution in [0.15, 0.2) is 80.0 Å². The zero-order chi connectivity index (χ0) is 31.9. The van der Waals surface area contributed by atoms with E-state index < -0.39 is 43.7 Å². The van der Waals surface area contributed by atoms with Crippen LogP contribution < -0.4 is 10.2 Å². The highest BCUT2D eigenvalue weighted by Crippen LogP contribution is 2.32. The second-order valence-electron chi connectivity index (χ2n) is 10.1. The van der Waals surface area contributed by atoms with Crippen LogP contribution in [0.4, 0.5) is 0 Å². The number of sulfone groups is 1. The van der Waals surface area contributed by atoms with Crippen molar-refractivity contribution < 1.29 is 41.5 Å². The minimum atomic E-state index is -4.04. The van der Waals surface area contributed by atoms with E-state index >= 15 is 0 Å². The maximum absolute atomic E-state index is 13.4. The fourth-order valence-electron chi connectivity index (χ4n) is 4.92. The molecule has 1 aliphatic rings. The third-order valence-corrected chi connectivity index (χ3v) is 13.0. The van der Waals surface area contributed by atoms with E-state index in [1.165, 1.54) is 39.0 Å². The van der Waals surface area contributed by atoms with E-state index in [0.717, 1.165) is 11.3 Å². The number of hydrogen-bond acceptors (Lipinski definition) is 10. The Hall–Kier alpha value is -3.34.